The minimum atomic E-state index is -0.985. The Morgan fingerprint density at radius 2 is 2.30 bits per heavy atom. The van der Waals surface area contributed by atoms with Crippen LogP contribution in [0, 0.1) is 0 Å². The number of ether oxygens (including phenoxy) is 1. The van der Waals surface area contributed by atoms with Crippen molar-refractivity contribution in [2.45, 2.75) is 44.9 Å². The number of rotatable bonds is 4. The summed E-state index contributed by atoms with van der Waals surface area (Å²) in [7, 11) is 2.06. The van der Waals surface area contributed by atoms with Gasteiger partial charge in [0.2, 0.25) is 0 Å². The maximum atomic E-state index is 10.9. The number of carboxylic acids is 1. The third-order valence-corrected chi connectivity index (χ3v) is 3.73. The Bertz CT molecular complexity index is 488. The van der Waals surface area contributed by atoms with Crippen molar-refractivity contribution in [3.8, 4) is 0 Å². The Morgan fingerprint density at radius 1 is 1.55 bits per heavy atom. The van der Waals surface area contributed by atoms with Crippen molar-refractivity contribution in [1.29, 1.82) is 0 Å². The standard InChI is InChI=1S/C15H22N2O3/c1-15(2)9-12(7-8-20-15)17(3)10-11-5-4-6-13(16-11)14(18)19/h4-6,12H,7-10H2,1-3H3,(H,18,19). The molecule has 1 saturated heterocycles. The van der Waals surface area contributed by atoms with Crippen molar-refractivity contribution >= 4 is 5.97 Å². The smallest absolute Gasteiger partial charge is 0.354 e. The fourth-order valence-electron chi connectivity index (χ4n) is 2.65. The maximum Gasteiger partial charge on any atom is 0.354 e. The molecule has 0 saturated carbocycles. The monoisotopic (exact) mass is 278 g/mol. The Balaban J connectivity index is 2.02. The lowest BCUT2D eigenvalue weighted by Crippen LogP contribution is -2.44. The van der Waals surface area contributed by atoms with E-state index >= 15 is 0 Å². The van der Waals surface area contributed by atoms with Gasteiger partial charge in [0, 0.05) is 19.2 Å². The molecule has 0 spiro atoms. The van der Waals surface area contributed by atoms with Crippen molar-refractivity contribution in [2.24, 2.45) is 0 Å². The zero-order valence-electron chi connectivity index (χ0n) is 12.3. The lowest BCUT2D eigenvalue weighted by Gasteiger charge is -2.39. The Kier molecular flexibility index (Phi) is 4.40. The fraction of sp³-hybridized carbons (Fsp3) is 0.600. The van der Waals surface area contributed by atoms with Crippen LogP contribution < -0.4 is 0 Å². The summed E-state index contributed by atoms with van der Waals surface area (Å²) >= 11 is 0. The van der Waals surface area contributed by atoms with E-state index in [0.29, 0.717) is 12.6 Å². The molecule has 0 amide bonds. The van der Waals surface area contributed by atoms with Crippen LogP contribution in [0.15, 0.2) is 18.2 Å². The minimum absolute atomic E-state index is 0.0898. The van der Waals surface area contributed by atoms with Crippen LogP contribution in [0.3, 0.4) is 0 Å². The highest BCUT2D eigenvalue weighted by atomic mass is 16.5. The van der Waals surface area contributed by atoms with Gasteiger partial charge in [-0.2, -0.15) is 0 Å². The number of pyridine rings is 1. The van der Waals surface area contributed by atoms with Crippen LogP contribution in [-0.4, -0.2) is 46.3 Å². The van der Waals surface area contributed by atoms with E-state index in [2.05, 4.69) is 30.8 Å². The molecule has 110 valence electrons. The summed E-state index contributed by atoms with van der Waals surface area (Å²) in [5, 5.41) is 8.97. The van der Waals surface area contributed by atoms with Gasteiger partial charge in [0.15, 0.2) is 0 Å². The van der Waals surface area contributed by atoms with Gasteiger partial charge in [0.05, 0.1) is 11.3 Å². The Hall–Kier alpha value is -1.46. The van der Waals surface area contributed by atoms with Gasteiger partial charge in [-0.25, -0.2) is 9.78 Å². The number of aromatic carboxylic acids is 1. The molecule has 2 rings (SSSR count). The predicted molar refractivity (Wildman–Crippen MR) is 75.7 cm³/mol. The molecule has 0 aromatic carbocycles. The lowest BCUT2D eigenvalue weighted by molar-refractivity contribution is -0.0810. The van der Waals surface area contributed by atoms with Crippen LogP contribution >= 0.6 is 0 Å². The molecule has 1 aromatic heterocycles. The molecule has 0 radical (unpaired) electrons. The number of hydrogen-bond acceptors (Lipinski definition) is 4. The van der Waals surface area contributed by atoms with Gasteiger partial charge in [0.1, 0.15) is 5.69 Å². The first-order valence-electron chi connectivity index (χ1n) is 6.91. The molecule has 0 bridgehead atoms. The predicted octanol–water partition coefficient (Wildman–Crippen LogP) is 2.17. The van der Waals surface area contributed by atoms with Crippen LogP contribution in [0.4, 0.5) is 0 Å². The molecule has 1 aliphatic rings. The molecule has 0 aliphatic carbocycles. The summed E-state index contributed by atoms with van der Waals surface area (Å²) in [6, 6.07) is 5.57. The second-order valence-electron chi connectivity index (χ2n) is 5.99. The fourth-order valence-corrected chi connectivity index (χ4v) is 2.65. The molecule has 1 aromatic rings. The van der Waals surface area contributed by atoms with Crippen LogP contribution in [-0.2, 0) is 11.3 Å². The van der Waals surface area contributed by atoms with E-state index in [0.717, 1.165) is 25.1 Å². The van der Waals surface area contributed by atoms with E-state index in [-0.39, 0.29) is 11.3 Å². The second-order valence-corrected chi connectivity index (χ2v) is 5.99. The lowest BCUT2D eigenvalue weighted by atomic mass is 9.93. The first-order chi connectivity index (χ1) is 9.37. The van der Waals surface area contributed by atoms with Crippen molar-refractivity contribution in [3.63, 3.8) is 0 Å². The maximum absolute atomic E-state index is 10.9. The van der Waals surface area contributed by atoms with Crippen LogP contribution in [0.25, 0.3) is 0 Å². The van der Waals surface area contributed by atoms with Crippen molar-refractivity contribution in [2.75, 3.05) is 13.7 Å². The highest BCUT2D eigenvalue weighted by molar-refractivity contribution is 5.85. The molecule has 2 heterocycles. The van der Waals surface area contributed by atoms with E-state index in [9.17, 15) is 4.79 Å². The SMILES string of the molecule is CN(Cc1cccc(C(=O)O)n1)C1CCOC(C)(C)C1. The Morgan fingerprint density at radius 3 is 2.95 bits per heavy atom. The molecule has 5 nitrogen and oxygen atoms in total. The largest absolute Gasteiger partial charge is 0.477 e. The third kappa shape index (κ3) is 3.77. The average Bonchev–Trinajstić information content (AvgIpc) is 2.37. The highest BCUT2D eigenvalue weighted by Crippen LogP contribution is 2.27. The summed E-state index contributed by atoms with van der Waals surface area (Å²) in [4.78, 5) is 17.3. The van der Waals surface area contributed by atoms with Gasteiger partial charge in [-0.3, -0.25) is 4.90 Å². The van der Waals surface area contributed by atoms with Gasteiger partial charge in [-0.1, -0.05) is 6.07 Å². The second kappa shape index (κ2) is 5.89. The first-order valence-corrected chi connectivity index (χ1v) is 6.91. The van der Waals surface area contributed by atoms with Crippen LogP contribution in [0.5, 0.6) is 0 Å². The molecule has 1 unspecified atom stereocenters. The average molecular weight is 278 g/mol. The number of carbonyl (C=O) groups is 1. The van der Waals surface area contributed by atoms with Gasteiger partial charge in [-0.05, 0) is 45.9 Å². The van der Waals surface area contributed by atoms with E-state index in [1.165, 1.54) is 6.07 Å². The first kappa shape index (κ1) is 14.9. The summed E-state index contributed by atoms with van der Waals surface area (Å²) in [5.74, 6) is -0.985. The van der Waals surface area contributed by atoms with Crippen LogP contribution in [0.1, 0.15) is 42.9 Å². The summed E-state index contributed by atoms with van der Waals surface area (Å²) in [5.41, 5.74) is 0.799. The van der Waals surface area contributed by atoms with Gasteiger partial charge >= 0.3 is 5.97 Å². The molecule has 1 aliphatic heterocycles. The molecule has 20 heavy (non-hydrogen) atoms. The van der Waals surface area contributed by atoms with E-state index in [1.807, 2.05) is 6.07 Å². The summed E-state index contributed by atoms with van der Waals surface area (Å²) in [6.45, 7) is 5.64. The molecule has 5 heteroatoms. The molecule has 1 fully saturated rings. The van der Waals surface area contributed by atoms with Gasteiger partial charge < -0.3 is 9.84 Å². The summed E-state index contributed by atoms with van der Waals surface area (Å²) in [6.07, 6.45) is 1.97. The number of carboxylic acid groups (broad SMARTS) is 1. The van der Waals surface area contributed by atoms with Crippen molar-refractivity contribution in [1.82, 2.24) is 9.88 Å². The van der Waals surface area contributed by atoms with E-state index in [4.69, 9.17) is 9.84 Å². The quantitative estimate of drug-likeness (QED) is 0.914. The third-order valence-electron chi connectivity index (χ3n) is 3.73. The number of hydrogen-bond donors (Lipinski definition) is 1. The zero-order valence-corrected chi connectivity index (χ0v) is 12.3. The van der Waals surface area contributed by atoms with E-state index in [1.54, 1.807) is 6.07 Å². The molecular formula is C15H22N2O3. The van der Waals surface area contributed by atoms with Gasteiger partial charge in [-0.15, -0.1) is 0 Å². The summed E-state index contributed by atoms with van der Waals surface area (Å²) < 4.78 is 5.73. The zero-order chi connectivity index (χ0) is 14.8. The Labute approximate surface area is 119 Å². The van der Waals surface area contributed by atoms with Gasteiger partial charge in [0.25, 0.3) is 0 Å². The molecule has 1 atom stereocenters. The normalized spacial score (nSPS) is 21.9. The molecule has 1 N–H and O–H groups in total. The van der Waals surface area contributed by atoms with E-state index < -0.39 is 5.97 Å². The highest BCUT2D eigenvalue weighted by Gasteiger charge is 2.31. The number of aromatic nitrogens is 1. The minimum Gasteiger partial charge on any atom is -0.477 e. The van der Waals surface area contributed by atoms with Crippen molar-refractivity contribution in [3.05, 3.63) is 29.6 Å². The van der Waals surface area contributed by atoms with Crippen molar-refractivity contribution < 1.29 is 14.6 Å². The van der Waals surface area contributed by atoms with Crippen LogP contribution in [0.2, 0.25) is 0 Å². The topological polar surface area (TPSA) is 62.7 Å². The number of nitrogens with zero attached hydrogens (tertiary/aromatic N) is 2. The molecular weight excluding hydrogens is 256 g/mol.